The lowest BCUT2D eigenvalue weighted by atomic mass is 9.73. The molecule has 0 amide bonds. The highest BCUT2D eigenvalue weighted by Crippen LogP contribution is 2.44. The minimum absolute atomic E-state index is 0.0674. The molecule has 0 radical (unpaired) electrons. The van der Waals surface area contributed by atoms with E-state index in [4.69, 9.17) is 9.16 Å². The smallest absolute Gasteiger partial charge is 0.184 e. The van der Waals surface area contributed by atoms with Crippen LogP contribution in [0, 0.1) is 11.8 Å². The molecule has 0 spiro atoms. The Morgan fingerprint density at radius 3 is 2.75 bits per heavy atom. The van der Waals surface area contributed by atoms with Crippen molar-refractivity contribution in [3.05, 3.63) is 48.7 Å². The van der Waals surface area contributed by atoms with Crippen LogP contribution in [0.3, 0.4) is 0 Å². The van der Waals surface area contributed by atoms with Crippen LogP contribution in [0.25, 0.3) is 10.9 Å². The van der Waals surface area contributed by atoms with Gasteiger partial charge in [-0.15, -0.1) is 6.58 Å². The van der Waals surface area contributed by atoms with Crippen molar-refractivity contribution in [2.24, 2.45) is 11.8 Å². The molecule has 4 nitrogen and oxygen atoms in total. The van der Waals surface area contributed by atoms with Gasteiger partial charge in [-0.2, -0.15) is 0 Å². The summed E-state index contributed by atoms with van der Waals surface area (Å²) in [5.74, 6) is 2.21. The molecule has 5 atom stereocenters. The van der Waals surface area contributed by atoms with Gasteiger partial charge < -0.3 is 9.16 Å². The monoisotopic (exact) mass is 396 g/mol. The normalized spacial score (nSPS) is 28.3. The van der Waals surface area contributed by atoms with E-state index in [9.17, 15) is 0 Å². The van der Waals surface area contributed by atoms with E-state index in [0.717, 1.165) is 35.7 Å². The number of pyridine rings is 1. The quantitative estimate of drug-likeness (QED) is 0.506. The zero-order chi connectivity index (χ0) is 19.9. The number of hydrogen-bond acceptors (Lipinski definition) is 4. The molecule has 150 valence electrons. The number of benzene rings is 1. The van der Waals surface area contributed by atoms with E-state index in [1.54, 1.807) is 7.11 Å². The first kappa shape index (κ1) is 19.6. The van der Waals surface area contributed by atoms with E-state index in [0.29, 0.717) is 12.0 Å². The predicted molar refractivity (Wildman–Crippen MR) is 117 cm³/mol. The fourth-order valence-corrected chi connectivity index (χ4v) is 5.99. The second-order valence-corrected chi connectivity index (χ2v) is 13.6. The number of piperidine rings is 3. The third-order valence-electron chi connectivity index (χ3n) is 6.27. The Morgan fingerprint density at radius 1 is 1.29 bits per heavy atom. The molecule has 3 aliphatic heterocycles. The molecule has 2 bridgehead atoms. The molecule has 3 aliphatic rings. The van der Waals surface area contributed by atoms with Crippen molar-refractivity contribution in [2.45, 2.75) is 44.6 Å². The minimum Gasteiger partial charge on any atom is -0.497 e. The highest BCUT2D eigenvalue weighted by atomic mass is 28.4. The number of methoxy groups -OCH3 is 1. The Balaban J connectivity index is 1.78. The third-order valence-corrected chi connectivity index (χ3v) is 7.23. The van der Waals surface area contributed by atoms with Crippen molar-refractivity contribution in [3.8, 4) is 5.75 Å². The number of nitrogens with zero attached hydrogens (tertiary/aromatic N) is 2. The molecule has 0 N–H and O–H groups in total. The van der Waals surface area contributed by atoms with Gasteiger partial charge in [0, 0.05) is 24.2 Å². The molecular formula is C23H32N2O2Si. The first-order chi connectivity index (χ1) is 13.4. The molecular weight excluding hydrogens is 364 g/mol. The number of aromatic nitrogens is 1. The lowest BCUT2D eigenvalue weighted by Crippen LogP contribution is -2.56. The zero-order valence-electron chi connectivity index (χ0n) is 17.5. The SMILES string of the molecule is C=C[C@H]1CN2CC[C@H]1C[C@H]2[C@H](O[Si](C)(C)C)c1ccnc2ccc(OC)cc12. The van der Waals surface area contributed by atoms with Crippen LogP contribution in [0.15, 0.2) is 43.1 Å². The summed E-state index contributed by atoms with van der Waals surface area (Å²) >= 11 is 0. The van der Waals surface area contributed by atoms with Crippen LogP contribution in [0.4, 0.5) is 0 Å². The maximum atomic E-state index is 6.87. The van der Waals surface area contributed by atoms with Crippen LogP contribution < -0.4 is 4.74 Å². The van der Waals surface area contributed by atoms with Crippen LogP contribution in [-0.2, 0) is 4.43 Å². The highest BCUT2D eigenvalue weighted by molar-refractivity contribution is 6.69. The molecule has 3 saturated heterocycles. The Morgan fingerprint density at radius 2 is 2.11 bits per heavy atom. The van der Waals surface area contributed by atoms with Crippen molar-refractivity contribution >= 4 is 19.2 Å². The summed E-state index contributed by atoms with van der Waals surface area (Å²) in [4.78, 5) is 7.23. The summed E-state index contributed by atoms with van der Waals surface area (Å²) in [6, 6.07) is 8.71. The first-order valence-corrected chi connectivity index (χ1v) is 13.8. The van der Waals surface area contributed by atoms with Crippen molar-refractivity contribution in [2.75, 3.05) is 20.2 Å². The third kappa shape index (κ3) is 3.75. The van der Waals surface area contributed by atoms with Gasteiger partial charge in [0.1, 0.15) is 5.75 Å². The molecule has 2 aromatic rings. The summed E-state index contributed by atoms with van der Waals surface area (Å²) in [5.41, 5.74) is 2.25. The summed E-state index contributed by atoms with van der Waals surface area (Å²) in [6.45, 7) is 13.2. The second-order valence-electron chi connectivity index (χ2n) is 9.18. The lowest BCUT2D eigenvalue weighted by Gasteiger charge is -2.52. The van der Waals surface area contributed by atoms with E-state index in [2.05, 4.69) is 54.3 Å². The number of rotatable bonds is 6. The van der Waals surface area contributed by atoms with Crippen LogP contribution in [0.5, 0.6) is 5.75 Å². The molecule has 5 rings (SSSR count). The van der Waals surface area contributed by atoms with Gasteiger partial charge in [0.25, 0.3) is 0 Å². The minimum atomic E-state index is -1.75. The van der Waals surface area contributed by atoms with Gasteiger partial charge in [-0.3, -0.25) is 9.88 Å². The van der Waals surface area contributed by atoms with Crippen LogP contribution in [0.1, 0.15) is 24.5 Å². The Kier molecular flexibility index (Phi) is 5.34. The van der Waals surface area contributed by atoms with Gasteiger partial charge in [0.05, 0.1) is 18.7 Å². The van der Waals surface area contributed by atoms with Gasteiger partial charge in [0.15, 0.2) is 8.32 Å². The Hall–Kier alpha value is -1.69. The largest absolute Gasteiger partial charge is 0.497 e. The maximum Gasteiger partial charge on any atom is 0.184 e. The molecule has 4 heterocycles. The van der Waals surface area contributed by atoms with Crippen LogP contribution in [0.2, 0.25) is 19.6 Å². The van der Waals surface area contributed by atoms with Crippen LogP contribution in [-0.4, -0.2) is 44.4 Å². The van der Waals surface area contributed by atoms with E-state index >= 15 is 0 Å². The van der Waals surface area contributed by atoms with Gasteiger partial charge in [0.2, 0.25) is 0 Å². The number of fused-ring (bicyclic) bond motifs is 4. The summed E-state index contributed by atoms with van der Waals surface area (Å²) in [7, 11) is -0.0309. The van der Waals surface area contributed by atoms with E-state index in [1.165, 1.54) is 18.4 Å². The molecule has 1 unspecified atom stereocenters. The summed E-state index contributed by atoms with van der Waals surface area (Å²) in [6.07, 6.45) is 6.61. The second kappa shape index (κ2) is 7.62. The Labute approximate surface area is 169 Å². The van der Waals surface area contributed by atoms with Crippen molar-refractivity contribution in [1.82, 2.24) is 9.88 Å². The molecule has 1 aromatic heterocycles. The highest BCUT2D eigenvalue weighted by Gasteiger charge is 2.44. The van der Waals surface area contributed by atoms with Crippen LogP contribution >= 0.6 is 0 Å². The average Bonchev–Trinajstić information content (AvgIpc) is 2.70. The summed E-state index contributed by atoms with van der Waals surface area (Å²) in [5, 5.41) is 1.15. The zero-order valence-corrected chi connectivity index (χ0v) is 18.5. The molecule has 0 aliphatic carbocycles. The van der Waals surface area contributed by atoms with E-state index in [1.807, 2.05) is 18.3 Å². The number of ether oxygens (including phenoxy) is 1. The lowest BCUT2D eigenvalue weighted by molar-refractivity contribution is -0.0382. The van der Waals surface area contributed by atoms with Gasteiger partial charge in [-0.05, 0) is 80.7 Å². The first-order valence-electron chi connectivity index (χ1n) is 10.4. The topological polar surface area (TPSA) is 34.6 Å². The van der Waals surface area contributed by atoms with Gasteiger partial charge in [-0.1, -0.05) is 6.08 Å². The van der Waals surface area contributed by atoms with Gasteiger partial charge >= 0.3 is 0 Å². The summed E-state index contributed by atoms with van der Waals surface area (Å²) < 4.78 is 12.4. The molecule has 5 heteroatoms. The fourth-order valence-electron chi connectivity index (χ4n) is 4.94. The van der Waals surface area contributed by atoms with Gasteiger partial charge in [-0.25, -0.2) is 0 Å². The van der Waals surface area contributed by atoms with Crippen molar-refractivity contribution in [3.63, 3.8) is 0 Å². The Bertz CT molecular complexity index is 863. The number of hydrogen-bond donors (Lipinski definition) is 0. The molecule has 28 heavy (non-hydrogen) atoms. The standard InChI is InChI=1S/C23H32N2O2Si/c1-6-16-15-25-12-10-17(16)13-22(25)23(27-28(3,4)5)19-9-11-24-21-8-7-18(26-2)14-20(19)21/h6-9,11,14,16-17,22-23H,1,10,12-13,15H2,2-5H3/t16-,17-,22-,23+/m0/s1. The fraction of sp³-hybridized carbons (Fsp3) is 0.522. The average molecular weight is 397 g/mol. The molecule has 0 saturated carbocycles. The van der Waals surface area contributed by atoms with Crippen molar-refractivity contribution in [1.29, 1.82) is 0 Å². The predicted octanol–water partition coefficient (Wildman–Crippen LogP) is 5.03. The van der Waals surface area contributed by atoms with E-state index in [-0.39, 0.29) is 6.10 Å². The molecule has 1 aromatic carbocycles. The van der Waals surface area contributed by atoms with E-state index < -0.39 is 8.32 Å². The molecule has 3 fully saturated rings. The maximum absolute atomic E-state index is 6.87. The van der Waals surface area contributed by atoms with Crippen molar-refractivity contribution < 1.29 is 9.16 Å².